The number of thioether (sulfide) groups is 1. The van der Waals surface area contributed by atoms with Gasteiger partial charge in [-0.2, -0.15) is 0 Å². The molecule has 1 amide bonds. The van der Waals surface area contributed by atoms with Crippen LogP contribution in [0, 0.1) is 0 Å². The number of aryl methyl sites for hydroxylation is 1. The highest BCUT2D eigenvalue weighted by molar-refractivity contribution is 7.99. The number of hydrogen-bond acceptors (Lipinski definition) is 5. The van der Waals surface area contributed by atoms with Gasteiger partial charge >= 0.3 is 6.09 Å². The maximum Gasteiger partial charge on any atom is 0.407 e. The number of hydrogen-bond donors (Lipinski definition) is 2. The van der Waals surface area contributed by atoms with Crippen molar-refractivity contribution in [1.82, 2.24) is 10.3 Å². The van der Waals surface area contributed by atoms with Crippen molar-refractivity contribution in [3.05, 3.63) is 56.8 Å². The van der Waals surface area contributed by atoms with Crippen molar-refractivity contribution in [2.24, 2.45) is 0 Å². The first-order valence-electron chi connectivity index (χ1n) is 10.8. The maximum absolute atomic E-state index is 12.5. The summed E-state index contributed by atoms with van der Waals surface area (Å²) in [5, 5.41) is 4.37. The lowest BCUT2D eigenvalue weighted by Gasteiger charge is -2.19. The molecule has 2 aromatic carbocycles. The Labute approximate surface area is 202 Å². The lowest BCUT2D eigenvalue weighted by atomic mass is 9.94. The number of pyridine rings is 1. The number of benzene rings is 2. The second-order valence-corrected chi connectivity index (χ2v) is 10.4. The van der Waals surface area contributed by atoms with Gasteiger partial charge in [0.05, 0.1) is 12.0 Å². The van der Waals surface area contributed by atoms with Gasteiger partial charge in [-0.25, -0.2) is 4.79 Å². The molecule has 2 N–H and O–H groups in total. The lowest BCUT2D eigenvalue weighted by molar-refractivity contribution is 0.0528. The lowest BCUT2D eigenvalue weighted by Crippen LogP contribution is -2.33. The first-order chi connectivity index (χ1) is 15.7. The summed E-state index contributed by atoms with van der Waals surface area (Å²) < 4.78 is 11.0. The molecule has 0 atom stereocenters. The van der Waals surface area contributed by atoms with Crippen molar-refractivity contribution >= 4 is 40.4 Å². The highest BCUT2D eigenvalue weighted by Crippen LogP contribution is 2.43. The average Bonchev–Trinajstić information content (AvgIpc) is 3.23. The van der Waals surface area contributed by atoms with Crippen LogP contribution in [0.4, 0.5) is 4.79 Å². The van der Waals surface area contributed by atoms with Gasteiger partial charge in [-0.15, -0.1) is 11.8 Å². The molecule has 0 saturated carbocycles. The monoisotopic (exact) mass is 486 g/mol. The van der Waals surface area contributed by atoms with Gasteiger partial charge in [-0.1, -0.05) is 23.7 Å². The van der Waals surface area contributed by atoms with Crippen LogP contribution in [0.15, 0.2) is 40.0 Å². The molecule has 1 aliphatic rings. The summed E-state index contributed by atoms with van der Waals surface area (Å²) in [7, 11) is 1.64. The number of alkyl carbamates (subject to hydrolysis) is 1. The summed E-state index contributed by atoms with van der Waals surface area (Å²) in [5.74, 6) is 1.61. The van der Waals surface area contributed by atoms with Crippen LogP contribution in [-0.2, 0) is 17.6 Å². The van der Waals surface area contributed by atoms with Crippen LogP contribution in [0.1, 0.15) is 31.9 Å². The number of ether oxygens (including phenoxy) is 2. The van der Waals surface area contributed by atoms with Crippen molar-refractivity contribution in [1.29, 1.82) is 0 Å². The standard InChI is InChI=1S/C25H27ClN2O4S/c1-25(2,3)32-24(30)27-11-9-14-5-6-15(13-17(14)26)20-19(31-4)8-7-18-21(20)16-10-12-33-22(16)23(29)28-18/h5-8,13H,9-12H2,1-4H3,(H,27,30)(H,28,29). The normalized spacial score (nSPS) is 13.1. The molecule has 0 radical (unpaired) electrons. The fourth-order valence-corrected chi connectivity index (χ4v) is 5.40. The summed E-state index contributed by atoms with van der Waals surface area (Å²) in [6.45, 7) is 5.89. The predicted molar refractivity (Wildman–Crippen MR) is 134 cm³/mol. The molecule has 0 unspecified atom stereocenters. The van der Waals surface area contributed by atoms with Gasteiger partial charge in [-0.05, 0) is 68.5 Å². The number of rotatable bonds is 5. The van der Waals surface area contributed by atoms with E-state index >= 15 is 0 Å². The van der Waals surface area contributed by atoms with Gasteiger partial charge in [0, 0.05) is 33.8 Å². The molecule has 1 aliphatic heterocycles. The van der Waals surface area contributed by atoms with Gasteiger partial charge in [0.2, 0.25) is 0 Å². The summed E-state index contributed by atoms with van der Waals surface area (Å²) in [6, 6.07) is 9.65. The van der Waals surface area contributed by atoms with Crippen molar-refractivity contribution in [3.8, 4) is 16.9 Å². The van der Waals surface area contributed by atoms with E-state index in [4.69, 9.17) is 21.1 Å². The van der Waals surface area contributed by atoms with Gasteiger partial charge in [-0.3, -0.25) is 4.79 Å². The Morgan fingerprint density at radius 2 is 2.03 bits per heavy atom. The number of carbonyl (C=O) groups is 1. The van der Waals surface area contributed by atoms with Crippen molar-refractivity contribution in [2.75, 3.05) is 19.4 Å². The smallest absolute Gasteiger partial charge is 0.407 e. The van der Waals surface area contributed by atoms with Crippen LogP contribution < -0.4 is 15.6 Å². The largest absolute Gasteiger partial charge is 0.496 e. The van der Waals surface area contributed by atoms with Crippen LogP contribution in [0.2, 0.25) is 5.02 Å². The number of aromatic amines is 1. The molecule has 1 aromatic heterocycles. The molecule has 6 nitrogen and oxygen atoms in total. The Kier molecular flexibility index (Phi) is 6.64. The van der Waals surface area contributed by atoms with Crippen molar-refractivity contribution in [3.63, 3.8) is 0 Å². The predicted octanol–water partition coefficient (Wildman–Crippen LogP) is 5.57. The molecule has 0 saturated heterocycles. The van der Waals surface area contributed by atoms with Crippen molar-refractivity contribution in [2.45, 2.75) is 44.1 Å². The number of carbonyl (C=O) groups excluding carboxylic acids is 1. The molecule has 8 heteroatoms. The fourth-order valence-electron chi connectivity index (χ4n) is 4.05. The van der Waals surface area contributed by atoms with Crippen LogP contribution >= 0.6 is 23.4 Å². The molecule has 0 bridgehead atoms. The van der Waals surface area contributed by atoms with Crippen LogP contribution in [0.3, 0.4) is 0 Å². The minimum absolute atomic E-state index is 0.0398. The van der Waals surface area contributed by atoms with Gasteiger partial charge in [0.1, 0.15) is 11.4 Å². The van der Waals surface area contributed by atoms with E-state index in [2.05, 4.69) is 10.3 Å². The second kappa shape index (κ2) is 9.31. The Bertz CT molecular complexity index is 1280. The van der Waals surface area contributed by atoms with Gasteiger partial charge < -0.3 is 19.8 Å². The Morgan fingerprint density at radius 1 is 1.24 bits per heavy atom. The zero-order valence-electron chi connectivity index (χ0n) is 19.1. The van der Waals surface area contributed by atoms with Crippen LogP contribution in [0.25, 0.3) is 22.0 Å². The summed E-state index contributed by atoms with van der Waals surface area (Å²) >= 11 is 8.24. The molecule has 174 valence electrons. The van der Waals surface area contributed by atoms with Crippen LogP contribution in [-0.4, -0.2) is 36.1 Å². The summed E-state index contributed by atoms with van der Waals surface area (Å²) in [4.78, 5) is 28.2. The van der Waals surface area contributed by atoms with Crippen LogP contribution in [0.5, 0.6) is 5.75 Å². The Morgan fingerprint density at radius 3 is 2.73 bits per heavy atom. The second-order valence-electron chi connectivity index (χ2n) is 8.91. The minimum atomic E-state index is -0.538. The van der Waals surface area contributed by atoms with E-state index in [1.165, 1.54) is 0 Å². The third kappa shape index (κ3) is 4.99. The molecule has 2 heterocycles. The molecule has 4 rings (SSSR count). The zero-order valence-corrected chi connectivity index (χ0v) is 20.7. The fraction of sp³-hybridized carbons (Fsp3) is 0.360. The third-order valence-corrected chi connectivity index (χ3v) is 6.90. The molecule has 3 aromatic rings. The number of fused-ring (bicyclic) bond motifs is 3. The summed E-state index contributed by atoms with van der Waals surface area (Å²) in [5.41, 5.74) is 4.03. The first-order valence-corrected chi connectivity index (χ1v) is 12.2. The Hall–Kier alpha value is -2.64. The molecular weight excluding hydrogens is 460 g/mol. The topological polar surface area (TPSA) is 80.4 Å². The number of aromatic nitrogens is 1. The van der Waals surface area contributed by atoms with Crippen molar-refractivity contribution < 1.29 is 14.3 Å². The number of H-pyrrole nitrogens is 1. The number of amides is 1. The molecule has 33 heavy (non-hydrogen) atoms. The van der Waals surface area contributed by atoms with E-state index in [1.807, 2.05) is 51.1 Å². The quantitative estimate of drug-likeness (QED) is 0.492. The molecular formula is C25H27ClN2O4S. The van der Waals surface area contributed by atoms with Gasteiger partial charge in [0.15, 0.2) is 0 Å². The number of nitrogens with one attached hydrogen (secondary N) is 2. The van der Waals surface area contributed by atoms with E-state index in [-0.39, 0.29) is 5.56 Å². The number of methoxy groups -OCH3 is 1. The number of halogens is 1. The van der Waals surface area contributed by atoms with Gasteiger partial charge in [0.25, 0.3) is 5.56 Å². The minimum Gasteiger partial charge on any atom is -0.496 e. The molecule has 0 aliphatic carbocycles. The highest BCUT2D eigenvalue weighted by atomic mass is 35.5. The van der Waals surface area contributed by atoms with E-state index in [0.29, 0.717) is 18.0 Å². The van der Waals surface area contributed by atoms with E-state index < -0.39 is 11.7 Å². The Balaban J connectivity index is 1.66. The maximum atomic E-state index is 12.5. The first kappa shape index (κ1) is 23.5. The zero-order chi connectivity index (χ0) is 23.8. The van der Waals surface area contributed by atoms with E-state index in [0.717, 1.165) is 56.0 Å². The van der Waals surface area contributed by atoms with E-state index in [9.17, 15) is 9.59 Å². The van der Waals surface area contributed by atoms with E-state index in [1.54, 1.807) is 18.9 Å². The third-order valence-electron chi connectivity index (χ3n) is 5.42. The highest BCUT2D eigenvalue weighted by Gasteiger charge is 2.23. The molecule has 0 fully saturated rings. The SMILES string of the molecule is COc1ccc2[nH]c(=O)c3c(c2c1-c1ccc(CCNC(=O)OC(C)(C)C)c(Cl)c1)CCS3. The molecule has 0 spiro atoms. The average molecular weight is 487 g/mol. The summed E-state index contributed by atoms with van der Waals surface area (Å²) in [6.07, 6.45) is 0.962.